The largest absolute Gasteiger partial charge is 0.282 e. The van der Waals surface area contributed by atoms with Crippen molar-refractivity contribution < 1.29 is 9.59 Å². The second kappa shape index (κ2) is 5.79. The molecule has 1 saturated heterocycles. The number of aromatic nitrogens is 1. The van der Waals surface area contributed by atoms with Crippen LogP contribution >= 0.6 is 23.2 Å². The molecule has 2 amide bonds. The molecule has 0 atom stereocenters. The van der Waals surface area contributed by atoms with E-state index in [4.69, 9.17) is 23.2 Å². The maximum absolute atomic E-state index is 12.4. The molecule has 0 spiro atoms. The molecular formula is C15H9Cl2N3O2. The summed E-state index contributed by atoms with van der Waals surface area (Å²) in [6, 6.07) is 8.08. The van der Waals surface area contributed by atoms with E-state index < -0.39 is 11.8 Å². The maximum Gasteiger partial charge on any atom is 0.282 e. The normalized spacial score (nSPS) is 16.3. The summed E-state index contributed by atoms with van der Waals surface area (Å²) in [7, 11) is 0. The first-order chi connectivity index (χ1) is 10.6. The van der Waals surface area contributed by atoms with Crippen LogP contribution in [0.3, 0.4) is 0 Å². The van der Waals surface area contributed by atoms with Gasteiger partial charge in [-0.25, -0.2) is 5.01 Å². The molecule has 0 aliphatic carbocycles. The highest BCUT2D eigenvalue weighted by Gasteiger charge is 2.34. The van der Waals surface area contributed by atoms with Crippen molar-refractivity contribution in [1.82, 2.24) is 10.4 Å². The summed E-state index contributed by atoms with van der Waals surface area (Å²) >= 11 is 11.8. The Bertz CT molecular complexity index is 791. The number of benzene rings is 1. The van der Waals surface area contributed by atoms with Gasteiger partial charge in [0, 0.05) is 12.4 Å². The minimum atomic E-state index is -0.479. The Morgan fingerprint density at radius 3 is 2.45 bits per heavy atom. The van der Waals surface area contributed by atoms with Crippen LogP contribution in [-0.2, 0) is 9.59 Å². The van der Waals surface area contributed by atoms with Crippen LogP contribution in [0.15, 0.2) is 48.3 Å². The third-order valence-electron chi connectivity index (χ3n) is 3.07. The number of amides is 2. The van der Waals surface area contributed by atoms with E-state index in [0.29, 0.717) is 21.3 Å². The number of hydrogen-bond donors (Lipinski definition) is 1. The van der Waals surface area contributed by atoms with E-state index in [1.54, 1.807) is 36.7 Å². The maximum atomic E-state index is 12.4. The Balaban J connectivity index is 1.94. The second-order valence-corrected chi connectivity index (χ2v) is 5.33. The van der Waals surface area contributed by atoms with Gasteiger partial charge < -0.3 is 0 Å². The standard InChI is InChI=1S/C15H9Cl2N3O2/c16-12-2-1-10(8-13(12)17)20-15(22)11(14(21)19-20)7-9-3-5-18-6-4-9/h1-8H,(H,19,21). The first-order valence-electron chi connectivity index (χ1n) is 6.28. The van der Waals surface area contributed by atoms with Crippen molar-refractivity contribution in [3.05, 3.63) is 63.9 Å². The molecule has 110 valence electrons. The van der Waals surface area contributed by atoms with Gasteiger partial charge in [0.15, 0.2) is 0 Å². The number of nitrogens with one attached hydrogen (secondary N) is 1. The summed E-state index contributed by atoms with van der Waals surface area (Å²) in [5, 5.41) is 1.81. The van der Waals surface area contributed by atoms with Crippen LogP contribution in [0.4, 0.5) is 5.69 Å². The average molecular weight is 334 g/mol. The molecule has 2 aromatic rings. The van der Waals surface area contributed by atoms with Crippen molar-refractivity contribution >= 4 is 46.8 Å². The summed E-state index contributed by atoms with van der Waals surface area (Å²) < 4.78 is 0. The Morgan fingerprint density at radius 1 is 1.05 bits per heavy atom. The lowest BCUT2D eigenvalue weighted by Gasteiger charge is -2.15. The molecule has 0 bridgehead atoms. The lowest BCUT2D eigenvalue weighted by molar-refractivity contribution is -0.117. The van der Waals surface area contributed by atoms with Gasteiger partial charge in [-0.1, -0.05) is 23.2 Å². The van der Waals surface area contributed by atoms with Crippen LogP contribution in [-0.4, -0.2) is 16.8 Å². The molecule has 5 nitrogen and oxygen atoms in total. The molecule has 2 heterocycles. The number of halogens is 2. The minimum absolute atomic E-state index is 0.0391. The zero-order valence-electron chi connectivity index (χ0n) is 11.1. The van der Waals surface area contributed by atoms with Crippen molar-refractivity contribution in [2.45, 2.75) is 0 Å². The predicted molar refractivity (Wildman–Crippen MR) is 84.3 cm³/mol. The van der Waals surface area contributed by atoms with E-state index >= 15 is 0 Å². The SMILES string of the molecule is O=C1NN(c2ccc(Cl)c(Cl)c2)C(=O)C1=Cc1ccncc1. The van der Waals surface area contributed by atoms with Crippen LogP contribution in [0.1, 0.15) is 5.56 Å². The molecule has 7 heteroatoms. The Morgan fingerprint density at radius 2 is 1.77 bits per heavy atom. The number of carbonyl (C=O) groups excluding carboxylic acids is 2. The molecule has 0 radical (unpaired) electrons. The van der Waals surface area contributed by atoms with Gasteiger partial charge in [-0.2, -0.15) is 0 Å². The summed E-state index contributed by atoms with van der Waals surface area (Å²) in [6.07, 6.45) is 4.68. The molecule has 1 N–H and O–H groups in total. The van der Waals surface area contributed by atoms with Gasteiger partial charge in [-0.3, -0.25) is 20.0 Å². The molecule has 0 saturated carbocycles. The number of hydrogen-bond acceptors (Lipinski definition) is 3. The number of hydrazine groups is 1. The van der Waals surface area contributed by atoms with Crippen molar-refractivity contribution in [3.63, 3.8) is 0 Å². The van der Waals surface area contributed by atoms with Crippen molar-refractivity contribution in [1.29, 1.82) is 0 Å². The van der Waals surface area contributed by atoms with Gasteiger partial charge in [0.2, 0.25) is 0 Å². The molecular weight excluding hydrogens is 325 g/mol. The lowest BCUT2D eigenvalue weighted by Crippen LogP contribution is -2.35. The molecule has 22 heavy (non-hydrogen) atoms. The van der Waals surface area contributed by atoms with Crippen LogP contribution in [0.25, 0.3) is 6.08 Å². The fraction of sp³-hybridized carbons (Fsp3) is 0. The Labute approximate surface area is 136 Å². The van der Waals surface area contributed by atoms with Gasteiger partial charge in [0.1, 0.15) is 5.57 Å². The Kier molecular flexibility index (Phi) is 3.83. The Hall–Kier alpha value is -2.37. The van der Waals surface area contributed by atoms with Crippen LogP contribution < -0.4 is 10.4 Å². The van der Waals surface area contributed by atoms with E-state index in [2.05, 4.69) is 10.4 Å². The first kappa shape index (κ1) is 14.6. The average Bonchev–Trinajstić information content (AvgIpc) is 2.79. The van der Waals surface area contributed by atoms with Crippen molar-refractivity contribution in [2.24, 2.45) is 0 Å². The van der Waals surface area contributed by atoms with E-state index in [9.17, 15) is 9.59 Å². The molecule has 1 aliphatic heterocycles. The second-order valence-electron chi connectivity index (χ2n) is 4.52. The van der Waals surface area contributed by atoms with Gasteiger partial charge in [-0.15, -0.1) is 0 Å². The van der Waals surface area contributed by atoms with Crippen LogP contribution in [0.5, 0.6) is 0 Å². The fourth-order valence-corrected chi connectivity index (χ4v) is 2.28. The number of carbonyl (C=O) groups is 2. The quantitative estimate of drug-likeness (QED) is 0.679. The number of rotatable bonds is 2. The molecule has 0 unspecified atom stereocenters. The van der Waals surface area contributed by atoms with E-state index in [1.807, 2.05) is 0 Å². The topological polar surface area (TPSA) is 62.3 Å². The monoisotopic (exact) mass is 333 g/mol. The molecule has 1 aromatic heterocycles. The summed E-state index contributed by atoms with van der Waals surface area (Å²) in [5.41, 5.74) is 3.68. The summed E-state index contributed by atoms with van der Waals surface area (Å²) in [4.78, 5) is 28.3. The zero-order chi connectivity index (χ0) is 15.7. The van der Waals surface area contributed by atoms with E-state index in [1.165, 1.54) is 12.1 Å². The molecule has 1 fully saturated rings. The third-order valence-corrected chi connectivity index (χ3v) is 3.81. The van der Waals surface area contributed by atoms with Crippen LogP contribution in [0.2, 0.25) is 10.0 Å². The van der Waals surface area contributed by atoms with E-state index in [-0.39, 0.29) is 5.57 Å². The van der Waals surface area contributed by atoms with Gasteiger partial charge in [0.25, 0.3) is 11.8 Å². The molecule has 3 rings (SSSR count). The highest BCUT2D eigenvalue weighted by Crippen LogP contribution is 2.29. The third kappa shape index (κ3) is 2.68. The lowest BCUT2D eigenvalue weighted by atomic mass is 10.1. The van der Waals surface area contributed by atoms with Gasteiger partial charge in [0.05, 0.1) is 15.7 Å². The fourth-order valence-electron chi connectivity index (χ4n) is 1.99. The number of pyridine rings is 1. The van der Waals surface area contributed by atoms with Gasteiger partial charge in [-0.05, 0) is 42.0 Å². The molecule has 1 aliphatic rings. The van der Waals surface area contributed by atoms with Crippen molar-refractivity contribution in [3.8, 4) is 0 Å². The number of nitrogens with zero attached hydrogens (tertiary/aromatic N) is 2. The first-order valence-corrected chi connectivity index (χ1v) is 7.04. The highest BCUT2D eigenvalue weighted by atomic mass is 35.5. The smallest absolute Gasteiger partial charge is 0.267 e. The van der Waals surface area contributed by atoms with Crippen molar-refractivity contribution in [2.75, 3.05) is 5.01 Å². The minimum Gasteiger partial charge on any atom is -0.267 e. The highest BCUT2D eigenvalue weighted by molar-refractivity contribution is 6.42. The predicted octanol–water partition coefficient (Wildman–Crippen LogP) is 2.85. The summed E-state index contributed by atoms with van der Waals surface area (Å²) in [5.74, 6) is -0.937. The number of anilines is 1. The van der Waals surface area contributed by atoms with Gasteiger partial charge >= 0.3 is 0 Å². The van der Waals surface area contributed by atoms with Crippen LogP contribution in [0, 0.1) is 0 Å². The molecule has 1 aromatic carbocycles. The zero-order valence-corrected chi connectivity index (χ0v) is 12.6. The van der Waals surface area contributed by atoms with E-state index in [0.717, 1.165) is 5.01 Å². The summed E-state index contributed by atoms with van der Waals surface area (Å²) in [6.45, 7) is 0.